The van der Waals surface area contributed by atoms with Crippen LogP contribution in [0.1, 0.15) is 10.4 Å². The van der Waals surface area contributed by atoms with Gasteiger partial charge in [-0.3, -0.25) is 9.89 Å². The lowest BCUT2D eigenvalue weighted by atomic mass is 10.1. The number of carbonyl (C=O) groups is 1. The van der Waals surface area contributed by atoms with Crippen LogP contribution in [0.25, 0.3) is 10.9 Å². The number of nitrogens with zero attached hydrogens (tertiary/aromatic N) is 3. The van der Waals surface area contributed by atoms with E-state index in [2.05, 4.69) is 32.4 Å². The fourth-order valence-corrected chi connectivity index (χ4v) is 3.17. The molecule has 4 rings (SSSR count). The lowest BCUT2D eigenvalue weighted by Gasteiger charge is -2.34. The molecule has 3 N–H and O–H groups in total. The van der Waals surface area contributed by atoms with Gasteiger partial charge in [-0.1, -0.05) is 0 Å². The maximum absolute atomic E-state index is 12.5. The summed E-state index contributed by atoms with van der Waals surface area (Å²) in [5.74, 6) is 0.392. The first-order valence-electron chi connectivity index (χ1n) is 8.62. The first-order chi connectivity index (χ1) is 12.6. The summed E-state index contributed by atoms with van der Waals surface area (Å²) in [6, 6.07) is 12.5. The van der Waals surface area contributed by atoms with Gasteiger partial charge in [-0.05, 0) is 43.4 Å². The highest BCUT2D eigenvalue weighted by Gasteiger charge is 2.15. The Morgan fingerprint density at radius 3 is 2.58 bits per heavy atom. The molecule has 1 saturated heterocycles. The van der Waals surface area contributed by atoms with Gasteiger partial charge in [0.2, 0.25) is 0 Å². The smallest absolute Gasteiger partial charge is 0.256 e. The summed E-state index contributed by atoms with van der Waals surface area (Å²) in [7, 11) is 2.13. The second kappa shape index (κ2) is 6.68. The molecule has 1 amide bonds. The van der Waals surface area contributed by atoms with Gasteiger partial charge < -0.3 is 20.2 Å². The Morgan fingerprint density at radius 1 is 1.12 bits per heavy atom. The van der Waals surface area contributed by atoms with Crippen molar-refractivity contribution in [1.29, 1.82) is 0 Å². The Kier molecular flexibility index (Phi) is 4.22. The van der Waals surface area contributed by atoms with Crippen LogP contribution < -0.4 is 10.2 Å². The summed E-state index contributed by atoms with van der Waals surface area (Å²) in [5.41, 5.74) is 2.39. The molecule has 0 spiro atoms. The van der Waals surface area contributed by atoms with Gasteiger partial charge >= 0.3 is 0 Å². The molecular weight excluding hydrogens is 330 g/mol. The molecule has 0 atom stereocenters. The molecule has 0 aliphatic carbocycles. The third-order valence-corrected chi connectivity index (χ3v) is 4.78. The first kappa shape index (κ1) is 16.4. The topological polar surface area (TPSA) is 84.5 Å². The monoisotopic (exact) mass is 351 g/mol. The number of piperazine rings is 1. The fraction of sp³-hybridized carbons (Fsp3) is 0.263. The van der Waals surface area contributed by atoms with Crippen LogP contribution in [0.2, 0.25) is 0 Å². The van der Waals surface area contributed by atoms with E-state index in [1.54, 1.807) is 18.2 Å². The van der Waals surface area contributed by atoms with E-state index in [1.165, 1.54) is 0 Å². The van der Waals surface area contributed by atoms with Crippen molar-refractivity contribution in [3.8, 4) is 5.75 Å². The number of anilines is 2. The molecule has 26 heavy (non-hydrogen) atoms. The van der Waals surface area contributed by atoms with Gasteiger partial charge in [0, 0.05) is 48.9 Å². The number of hydrogen-bond acceptors (Lipinski definition) is 5. The second-order valence-electron chi connectivity index (χ2n) is 6.59. The Balaban J connectivity index is 1.47. The van der Waals surface area contributed by atoms with Gasteiger partial charge in [0.1, 0.15) is 5.75 Å². The number of phenols is 1. The van der Waals surface area contributed by atoms with E-state index < -0.39 is 0 Å². The minimum atomic E-state index is -0.212. The minimum Gasteiger partial charge on any atom is -0.508 e. The number of nitrogens with one attached hydrogen (secondary N) is 2. The third-order valence-electron chi connectivity index (χ3n) is 4.78. The Bertz CT molecular complexity index is 927. The van der Waals surface area contributed by atoms with Crippen molar-refractivity contribution in [1.82, 2.24) is 15.1 Å². The summed E-state index contributed by atoms with van der Waals surface area (Å²) in [5, 5.41) is 20.0. The molecule has 0 radical (unpaired) electrons. The summed E-state index contributed by atoms with van der Waals surface area (Å²) < 4.78 is 0. The summed E-state index contributed by atoms with van der Waals surface area (Å²) in [6.07, 6.45) is 0. The minimum absolute atomic E-state index is 0.151. The van der Waals surface area contributed by atoms with Gasteiger partial charge in [-0.25, -0.2) is 0 Å². The van der Waals surface area contributed by atoms with E-state index in [1.807, 2.05) is 24.3 Å². The highest BCUT2D eigenvalue weighted by molar-refractivity contribution is 6.08. The molecule has 0 bridgehead atoms. The number of benzene rings is 2. The van der Waals surface area contributed by atoms with Gasteiger partial charge in [0.25, 0.3) is 5.91 Å². The quantitative estimate of drug-likeness (QED) is 0.674. The highest BCUT2D eigenvalue weighted by atomic mass is 16.3. The number of aromatic amines is 1. The van der Waals surface area contributed by atoms with Crippen LogP contribution in [-0.4, -0.2) is 59.3 Å². The van der Waals surface area contributed by atoms with Crippen molar-refractivity contribution in [3.05, 3.63) is 48.0 Å². The SMILES string of the molecule is CN1CCN(c2ccc(C(=O)Nc3n[nH]c4cc(O)ccc34)cc2)CC1. The van der Waals surface area contributed by atoms with Crippen molar-refractivity contribution in [2.45, 2.75) is 0 Å². The number of carbonyl (C=O) groups excluding carboxylic acids is 1. The van der Waals surface area contributed by atoms with Crippen molar-refractivity contribution in [2.24, 2.45) is 0 Å². The predicted octanol–water partition coefficient (Wildman–Crippen LogP) is 2.27. The van der Waals surface area contributed by atoms with E-state index in [4.69, 9.17) is 0 Å². The van der Waals surface area contributed by atoms with Crippen LogP contribution in [0.5, 0.6) is 5.75 Å². The summed E-state index contributed by atoms with van der Waals surface area (Å²) in [4.78, 5) is 17.2. The fourth-order valence-electron chi connectivity index (χ4n) is 3.17. The van der Waals surface area contributed by atoms with E-state index in [0.29, 0.717) is 16.9 Å². The Morgan fingerprint density at radius 2 is 1.85 bits per heavy atom. The van der Waals surface area contributed by atoms with Crippen molar-refractivity contribution in [3.63, 3.8) is 0 Å². The molecule has 3 aromatic rings. The molecule has 1 aliphatic rings. The maximum atomic E-state index is 12.5. The van der Waals surface area contributed by atoms with Gasteiger partial charge in [-0.15, -0.1) is 0 Å². The molecule has 1 fully saturated rings. The largest absolute Gasteiger partial charge is 0.508 e. The lowest BCUT2D eigenvalue weighted by Crippen LogP contribution is -2.44. The predicted molar refractivity (Wildman–Crippen MR) is 102 cm³/mol. The molecule has 1 aromatic heterocycles. The molecule has 0 saturated carbocycles. The Hall–Kier alpha value is -3.06. The van der Waals surface area contributed by atoms with Crippen LogP contribution in [0.3, 0.4) is 0 Å². The zero-order valence-corrected chi connectivity index (χ0v) is 14.6. The van der Waals surface area contributed by atoms with Gasteiger partial charge in [0.05, 0.1) is 5.52 Å². The molecule has 0 unspecified atom stereocenters. The highest BCUT2D eigenvalue weighted by Crippen LogP contribution is 2.24. The zero-order valence-electron chi connectivity index (χ0n) is 14.6. The average Bonchev–Trinajstić information content (AvgIpc) is 3.04. The standard InChI is InChI=1S/C19H21N5O2/c1-23-8-10-24(11-9-23)14-4-2-13(3-5-14)19(26)20-18-16-7-6-15(25)12-17(16)21-22-18/h2-7,12,25H,8-11H2,1H3,(H2,20,21,22,26). The van der Waals surface area contributed by atoms with Crippen LogP contribution in [0, 0.1) is 0 Å². The van der Waals surface area contributed by atoms with E-state index in [9.17, 15) is 9.90 Å². The molecular formula is C19H21N5O2. The third kappa shape index (κ3) is 3.21. The summed E-state index contributed by atoms with van der Waals surface area (Å²) in [6.45, 7) is 4.08. The molecule has 2 aromatic carbocycles. The molecule has 7 nitrogen and oxygen atoms in total. The molecule has 2 heterocycles. The number of aromatic hydroxyl groups is 1. The van der Waals surface area contributed by atoms with E-state index in [0.717, 1.165) is 37.3 Å². The van der Waals surface area contributed by atoms with E-state index >= 15 is 0 Å². The number of aromatic nitrogens is 2. The van der Waals surface area contributed by atoms with E-state index in [-0.39, 0.29) is 11.7 Å². The number of fused-ring (bicyclic) bond motifs is 1. The number of likely N-dealkylation sites (N-methyl/N-ethyl adjacent to an activating group) is 1. The number of hydrogen-bond donors (Lipinski definition) is 3. The van der Waals surface area contributed by atoms with Crippen LogP contribution in [0.15, 0.2) is 42.5 Å². The molecule has 134 valence electrons. The van der Waals surface area contributed by atoms with Gasteiger partial charge in [0.15, 0.2) is 5.82 Å². The van der Waals surface area contributed by atoms with Crippen molar-refractivity contribution >= 4 is 28.3 Å². The molecule has 1 aliphatic heterocycles. The number of phenolic OH excluding ortho intramolecular Hbond substituents is 1. The lowest BCUT2D eigenvalue weighted by molar-refractivity contribution is 0.102. The van der Waals surface area contributed by atoms with Crippen LogP contribution in [-0.2, 0) is 0 Å². The van der Waals surface area contributed by atoms with Crippen molar-refractivity contribution in [2.75, 3.05) is 43.4 Å². The Labute approximate surface area is 151 Å². The van der Waals surface area contributed by atoms with Crippen LogP contribution >= 0.6 is 0 Å². The van der Waals surface area contributed by atoms with Crippen LogP contribution in [0.4, 0.5) is 11.5 Å². The second-order valence-corrected chi connectivity index (χ2v) is 6.59. The normalized spacial score (nSPS) is 15.3. The first-order valence-corrected chi connectivity index (χ1v) is 8.62. The number of H-pyrrole nitrogens is 1. The summed E-state index contributed by atoms with van der Waals surface area (Å²) >= 11 is 0. The average molecular weight is 351 g/mol. The van der Waals surface area contributed by atoms with Gasteiger partial charge in [-0.2, -0.15) is 5.10 Å². The number of amides is 1. The number of rotatable bonds is 3. The maximum Gasteiger partial charge on any atom is 0.256 e. The molecule has 7 heteroatoms. The zero-order chi connectivity index (χ0) is 18.1. The van der Waals surface area contributed by atoms with Crippen molar-refractivity contribution < 1.29 is 9.90 Å².